The number of aliphatic hydroxyl groups excluding tert-OH is 1. The quantitative estimate of drug-likeness (QED) is 0.827. The van der Waals surface area contributed by atoms with Crippen LogP contribution in [0.4, 0.5) is 0 Å². The Hall–Kier alpha value is -0.800. The second-order valence-electron chi connectivity index (χ2n) is 4.99. The first kappa shape index (κ1) is 11.7. The third kappa shape index (κ3) is 1.50. The summed E-state index contributed by atoms with van der Waals surface area (Å²) in [5.74, 6) is 0.520. The third-order valence-electron chi connectivity index (χ3n) is 3.72. The van der Waals surface area contributed by atoms with E-state index < -0.39 is 0 Å². The van der Waals surface area contributed by atoms with Gasteiger partial charge in [0.05, 0.1) is 13.7 Å². The van der Waals surface area contributed by atoms with Crippen LogP contribution in [0.1, 0.15) is 25.8 Å². The van der Waals surface area contributed by atoms with Crippen molar-refractivity contribution in [1.82, 2.24) is 4.98 Å². The number of hydrogen-bond acceptors (Lipinski definition) is 3. The van der Waals surface area contributed by atoms with Crippen LogP contribution in [0.5, 0.6) is 5.88 Å². The molecule has 0 saturated heterocycles. The highest BCUT2D eigenvalue weighted by molar-refractivity contribution is 6.29. The molecular weight excluding hydrogens is 226 g/mol. The number of pyridine rings is 1. The van der Waals surface area contributed by atoms with Gasteiger partial charge in [-0.15, -0.1) is 0 Å². The summed E-state index contributed by atoms with van der Waals surface area (Å²) in [4.78, 5) is 4.14. The minimum Gasteiger partial charge on any atom is -0.481 e. The van der Waals surface area contributed by atoms with E-state index in [1.807, 2.05) is 6.07 Å². The SMILES string of the molecule is COc1nc(Cl)ccc1C1(CO)CC1(C)C. The highest BCUT2D eigenvalue weighted by atomic mass is 35.5. The maximum atomic E-state index is 9.62. The first-order valence-electron chi connectivity index (χ1n) is 5.29. The van der Waals surface area contributed by atoms with Crippen LogP contribution in [0.2, 0.25) is 5.15 Å². The Morgan fingerprint density at radius 1 is 1.50 bits per heavy atom. The molecule has 0 spiro atoms. The lowest BCUT2D eigenvalue weighted by molar-refractivity contribution is 0.227. The van der Waals surface area contributed by atoms with Gasteiger partial charge >= 0.3 is 0 Å². The number of rotatable bonds is 3. The van der Waals surface area contributed by atoms with E-state index >= 15 is 0 Å². The number of halogens is 1. The lowest BCUT2D eigenvalue weighted by Gasteiger charge is -2.20. The summed E-state index contributed by atoms with van der Waals surface area (Å²) >= 11 is 5.83. The van der Waals surface area contributed by atoms with Gasteiger partial charge in [0.15, 0.2) is 0 Å². The van der Waals surface area contributed by atoms with E-state index in [9.17, 15) is 5.11 Å². The van der Waals surface area contributed by atoms with Gasteiger partial charge in [0.1, 0.15) is 5.15 Å². The Morgan fingerprint density at radius 3 is 2.56 bits per heavy atom. The van der Waals surface area contributed by atoms with Crippen LogP contribution in [0.15, 0.2) is 12.1 Å². The molecular formula is C12H16ClNO2. The molecule has 1 N–H and O–H groups in total. The first-order valence-corrected chi connectivity index (χ1v) is 5.66. The third-order valence-corrected chi connectivity index (χ3v) is 3.93. The van der Waals surface area contributed by atoms with Crippen LogP contribution in [0.3, 0.4) is 0 Å². The van der Waals surface area contributed by atoms with Crippen molar-refractivity contribution in [1.29, 1.82) is 0 Å². The molecule has 4 heteroatoms. The summed E-state index contributed by atoms with van der Waals surface area (Å²) in [5, 5.41) is 10.0. The molecule has 88 valence electrons. The number of aromatic nitrogens is 1. The van der Waals surface area contributed by atoms with Crippen molar-refractivity contribution in [3.63, 3.8) is 0 Å². The minimum absolute atomic E-state index is 0.0878. The molecule has 1 unspecified atom stereocenters. The van der Waals surface area contributed by atoms with E-state index in [1.54, 1.807) is 13.2 Å². The van der Waals surface area contributed by atoms with Gasteiger partial charge in [-0.3, -0.25) is 0 Å². The predicted molar refractivity (Wildman–Crippen MR) is 63.0 cm³/mol. The second kappa shape index (κ2) is 3.60. The summed E-state index contributed by atoms with van der Waals surface area (Å²) in [5.41, 5.74) is 0.812. The van der Waals surface area contributed by atoms with E-state index in [1.165, 1.54) is 0 Å². The number of hydrogen-bond donors (Lipinski definition) is 1. The normalized spacial score (nSPS) is 26.6. The molecule has 0 aromatic carbocycles. The van der Waals surface area contributed by atoms with Gasteiger partial charge < -0.3 is 9.84 Å². The Balaban J connectivity index is 2.48. The van der Waals surface area contributed by atoms with Crippen molar-refractivity contribution in [2.75, 3.05) is 13.7 Å². The lowest BCUT2D eigenvalue weighted by atomic mass is 9.89. The van der Waals surface area contributed by atoms with Crippen molar-refractivity contribution in [3.05, 3.63) is 22.8 Å². The molecule has 1 aromatic rings. The van der Waals surface area contributed by atoms with Gasteiger partial charge in [-0.05, 0) is 24.0 Å². The molecule has 3 nitrogen and oxygen atoms in total. The monoisotopic (exact) mass is 241 g/mol. The standard InChI is InChI=1S/C12H16ClNO2/c1-11(2)6-12(11,7-15)8-4-5-9(13)14-10(8)16-3/h4-5,15H,6-7H2,1-3H3. The highest BCUT2D eigenvalue weighted by Crippen LogP contribution is 2.65. The Labute approximate surface area is 100 Å². The topological polar surface area (TPSA) is 42.4 Å². The fourth-order valence-electron chi connectivity index (χ4n) is 2.46. The average Bonchev–Trinajstić information content (AvgIpc) is 2.82. The van der Waals surface area contributed by atoms with E-state index in [2.05, 4.69) is 18.8 Å². The van der Waals surface area contributed by atoms with E-state index in [0.29, 0.717) is 11.0 Å². The summed E-state index contributed by atoms with van der Waals surface area (Å²) < 4.78 is 5.24. The Bertz CT molecular complexity index is 419. The molecule has 1 aliphatic carbocycles. The second-order valence-corrected chi connectivity index (χ2v) is 5.38. The Morgan fingerprint density at radius 2 is 2.12 bits per heavy atom. The van der Waals surface area contributed by atoms with E-state index in [4.69, 9.17) is 16.3 Å². The molecule has 1 atom stereocenters. The number of nitrogens with zero attached hydrogens (tertiary/aromatic N) is 1. The van der Waals surface area contributed by atoms with Gasteiger partial charge in [0.25, 0.3) is 0 Å². The molecule has 0 radical (unpaired) electrons. The highest BCUT2D eigenvalue weighted by Gasteiger charge is 2.63. The van der Waals surface area contributed by atoms with Crippen LogP contribution >= 0.6 is 11.6 Å². The van der Waals surface area contributed by atoms with Gasteiger partial charge in [-0.25, -0.2) is 4.98 Å². The van der Waals surface area contributed by atoms with Gasteiger partial charge in [0.2, 0.25) is 5.88 Å². The Kier molecular flexibility index (Phi) is 2.63. The zero-order chi connectivity index (χ0) is 12.0. The van der Waals surface area contributed by atoms with Gasteiger partial charge in [0, 0.05) is 11.0 Å². The number of ether oxygens (including phenoxy) is 1. The van der Waals surface area contributed by atoms with Crippen molar-refractivity contribution < 1.29 is 9.84 Å². The summed E-state index contributed by atoms with van der Waals surface area (Å²) in [6, 6.07) is 3.64. The van der Waals surface area contributed by atoms with E-state index in [0.717, 1.165) is 12.0 Å². The van der Waals surface area contributed by atoms with Crippen LogP contribution in [0.25, 0.3) is 0 Å². The molecule has 2 rings (SSSR count). The maximum Gasteiger partial charge on any atom is 0.218 e. The maximum absolute atomic E-state index is 9.62. The molecule has 1 fully saturated rings. The van der Waals surface area contributed by atoms with Crippen LogP contribution in [-0.2, 0) is 5.41 Å². The zero-order valence-corrected chi connectivity index (χ0v) is 10.5. The largest absolute Gasteiger partial charge is 0.481 e. The fourth-order valence-corrected chi connectivity index (χ4v) is 2.60. The van der Waals surface area contributed by atoms with Crippen molar-refractivity contribution in [2.24, 2.45) is 5.41 Å². The zero-order valence-electron chi connectivity index (χ0n) is 9.75. The van der Waals surface area contributed by atoms with E-state index in [-0.39, 0.29) is 17.4 Å². The molecule has 16 heavy (non-hydrogen) atoms. The summed E-state index contributed by atoms with van der Waals surface area (Å²) in [7, 11) is 1.57. The summed E-state index contributed by atoms with van der Waals surface area (Å²) in [6.07, 6.45) is 0.941. The molecule has 0 aliphatic heterocycles. The molecule has 1 saturated carbocycles. The first-order chi connectivity index (χ1) is 7.47. The smallest absolute Gasteiger partial charge is 0.218 e. The molecule has 1 aliphatic rings. The predicted octanol–water partition coefficient (Wildman–Crippen LogP) is 2.40. The molecule has 1 heterocycles. The molecule has 0 amide bonds. The molecule has 1 aromatic heterocycles. The number of aliphatic hydroxyl groups is 1. The molecule has 0 bridgehead atoms. The fraction of sp³-hybridized carbons (Fsp3) is 0.583. The minimum atomic E-state index is -0.226. The van der Waals surface area contributed by atoms with Crippen LogP contribution in [0, 0.1) is 5.41 Å². The van der Waals surface area contributed by atoms with Crippen molar-refractivity contribution in [2.45, 2.75) is 25.7 Å². The summed E-state index contributed by atoms with van der Waals surface area (Å²) in [6.45, 7) is 4.38. The van der Waals surface area contributed by atoms with Crippen LogP contribution in [-0.4, -0.2) is 23.8 Å². The van der Waals surface area contributed by atoms with Gasteiger partial charge in [-0.1, -0.05) is 25.4 Å². The van der Waals surface area contributed by atoms with Crippen molar-refractivity contribution in [3.8, 4) is 5.88 Å². The van der Waals surface area contributed by atoms with Gasteiger partial charge in [-0.2, -0.15) is 0 Å². The van der Waals surface area contributed by atoms with Crippen LogP contribution < -0.4 is 4.74 Å². The average molecular weight is 242 g/mol. The lowest BCUT2D eigenvalue weighted by Crippen LogP contribution is -2.20. The number of methoxy groups -OCH3 is 1. The van der Waals surface area contributed by atoms with Crippen molar-refractivity contribution >= 4 is 11.6 Å².